The predicted octanol–water partition coefficient (Wildman–Crippen LogP) is 3.99. The molecule has 0 atom stereocenters. The van der Waals surface area contributed by atoms with Crippen molar-refractivity contribution in [3.8, 4) is 5.75 Å². The first-order chi connectivity index (χ1) is 7.79. The summed E-state index contributed by atoms with van der Waals surface area (Å²) in [7, 11) is 1.64. The summed E-state index contributed by atoms with van der Waals surface area (Å²) in [6, 6.07) is 14.2. The Morgan fingerprint density at radius 3 is 2.38 bits per heavy atom. The molecule has 16 heavy (non-hydrogen) atoms. The monoisotopic (exact) mass is 234 g/mol. The summed E-state index contributed by atoms with van der Waals surface area (Å²) < 4.78 is 18.0. The average molecular weight is 234 g/mol. The summed E-state index contributed by atoms with van der Waals surface area (Å²) in [6.45, 7) is 0. The SMILES string of the molecule is COc1ccccc1Sc1ccc(F)cc1. The lowest BCUT2D eigenvalue weighted by Gasteiger charge is -2.07. The number of ether oxygens (including phenoxy) is 1. The molecule has 82 valence electrons. The van der Waals surface area contributed by atoms with Crippen molar-refractivity contribution in [2.75, 3.05) is 7.11 Å². The highest BCUT2D eigenvalue weighted by molar-refractivity contribution is 7.99. The van der Waals surface area contributed by atoms with Crippen LogP contribution in [0.2, 0.25) is 0 Å². The molecule has 2 rings (SSSR count). The third-order valence-corrected chi connectivity index (χ3v) is 3.18. The van der Waals surface area contributed by atoms with Crippen LogP contribution < -0.4 is 4.74 Å². The lowest BCUT2D eigenvalue weighted by atomic mass is 10.3. The number of hydrogen-bond acceptors (Lipinski definition) is 2. The first kappa shape index (κ1) is 11.0. The van der Waals surface area contributed by atoms with Gasteiger partial charge in [-0.3, -0.25) is 0 Å². The van der Waals surface area contributed by atoms with Crippen LogP contribution in [0, 0.1) is 5.82 Å². The second kappa shape index (κ2) is 5.03. The van der Waals surface area contributed by atoms with E-state index in [-0.39, 0.29) is 5.82 Å². The van der Waals surface area contributed by atoms with E-state index in [9.17, 15) is 4.39 Å². The van der Waals surface area contributed by atoms with E-state index in [0.717, 1.165) is 15.5 Å². The van der Waals surface area contributed by atoms with Crippen LogP contribution in [0.1, 0.15) is 0 Å². The Balaban J connectivity index is 2.23. The van der Waals surface area contributed by atoms with E-state index in [1.807, 2.05) is 24.3 Å². The number of benzene rings is 2. The molecule has 0 unspecified atom stereocenters. The van der Waals surface area contributed by atoms with Crippen molar-refractivity contribution in [1.82, 2.24) is 0 Å². The van der Waals surface area contributed by atoms with Gasteiger partial charge in [-0.2, -0.15) is 0 Å². The van der Waals surface area contributed by atoms with Crippen LogP contribution in [0.15, 0.2) is 58.3 Å². The smallest absolute Gasteiger partial charge is 0.132 e. The van der Waals surface area contributed by atoms with Crippen molar-refractivity contribution in [2.24, 2.45) is 0 Å². The lowest BCUT2D eigenvalue weighted by molar-refractivity contribution is 0.405. The van der Waals surface area contributed by atoms with Crippen molar-refractivity contribution < 1.29 is 9.13 Å². The largest absolute Gasteiger partial charge is 0.496 e. The van der Waals surface area contributed by atoms with Gasteiger partial charge in [0, 0.05) is 4.90 Å². The molecule has 0 heterocycles. The van der Waals surface area contributed by atoms with Crippen LogP contribution in [0.5, 0.6) is 5.75 Å². The van der Waals surface area contributed by atoms with E-state index in [2.05, 4.69) is 0 Å². The molecule has 0 aliphatic rings. The third kappa shape index (κ3) is 2.55. The second-order valence-electron chi connectivity index (χ2n) is 3.21. The fourth-order valence-corrected chi connectivity index (χ4v) is 2.26. The minimum absolute atomic E-state index is 0.218. The van der Waals surface area contributed by atoms with Gasteiger partial charge in [-0.1, -0.05) is 23.9 Å². The maximum atomic E-state index is 12.7. The van der Waals surface area contributed by atoms with Gasteiger partial charge < -0.3 is 4.74 Å². The second-order valence-corrected chi connectivity index (χ2v) is 4.32. The van der Waals surface area contributed by atoms with Crippen molar-refractivity contribution in [1.29, 1.82) is 0 Å². The van der Waals surface area contributed by atoms with Crippen LogP contribution >= 0.6 is 11.8 Å². The molecule has 0 radical (unpaired) electrons. The molecule has 2 aromatic rings. The predicted molar refractivity (Wildman–Crippen MR) is 63.5 cm³/mol. The fourth-order valence-electron chi connectivity index (χ4n) is 1.33. The zero-order valence-corrected chi connectivity index (χ0v) is 9.63. The maximum absolute atomic E-state index is 12.7. The molecule has 0 spiro atoms. The van der Waals surface area contributed by atoms with Gasteiger partial charge >= 0.3 is 0 Å². The van der Waals surface area contributed by atoms with Crippen LogP contribution in [-0.2, 0) is 0 Å². The Labute approximate surface area is 98.3 Å². The van der Waals surface area contributed by atoms with E-state index < -0.39 is 0 Å². The molecule has 0 saturated heterocycles. The normalized spacial score (nSPS) is 10.1. The standard InChI is InChI=1S/C13H11FOS/c1-15-12-4-2-3-5-13(12)16-11-8-6-10(14)7-9-11/h2-9H,1H3. The van der Waals surface area contributed by atoms with Gasteiger partial charge in [-0.15, -0.1) is 0 Å². The molecule has 0 bridgehead atoms. The summed E-state index contributed by atoms with van der Waals surface area (Å²) in [5.41, 5.74) is 0. The number of rotatable bonds is 3. The molecular formula is C13H11FOS. The summed E-state index contributed by atoms with van der Waals surface area (Å²) in [4.78, 5) is 2.02. The minimum atomic E-state index is -0.218. The Bertz CT molecular complexity index is 468. The molecule has 2 aromatic carbocycles. The topological polar surface area (TPSA) is 9.23 Å². The summed E-state index contributed by atoms with van der Waals surface area (Å²) in [5, 5.41) is 0. The zero-order chi connectivity index (χ0) is 11.4. The summed E-state index contributed by atoms with van der Waals surface area (Å²) in [5.74, 6) is 0.612. The van der Waals surface area contributed by atoms with Crippen molar-refractivity contribution in [3.63, 3.8) is 0 Å². The first-order valence-corrected chi connectivity index (χ1v) is 5.67. The third-order valence-electron chi connectivity index (χ3n) is 2.11. The molecule has 0 fully saturated rings. The summed E-state index contributed by atoms with van der Waals surface area (Å²) >= 11 is 1.56. The molecule has 0 amide bonds. The number of halogens is 1. The molecule has 0 saturated carbocycles. The van der Waals surface area contributed by atoms with Gasteiger partial charge in [-0.05, 0) is 36.4 Å². The molecular weight excluding hydrogens is 223 g/mol. The average Bonchev–Trinajstić information content (AvgIpc) is 2.33. The first-order valence-electron chi connectivity index (χ1n) is 4.86. The van der Waals surface area contributed by atoms with Crippen molar-refractivity contribution in [3.05, 3.63) is 54.3 Å². The fraction of sp³-hybridized carbons (Fsp3) is 0.0769. The molecule has 0 aliphatic heterocycles. The Morgan fingerprint density at radius 1 is 1.00 bits per heavy atom. The van der Waals surface area contributed by atoms with Crippen LogP contribution in [0.3, 0.4) is 0 Å². The Morgan fingerprint density at radius 2 is 1.69 bits per heavy atom. The Hall–Kier alpha value is -1.48. The van der Waals surface area contributed by atoms with Crippen LogP contribution in [-0.4, -0.2) is 7.11 Å². The van der Waals surface area contributed by atoms with E-state index in [1.165, 1.54) is 12.1 Å². The van der Waals surface area contributed by atoms with Gasteiger partial charge in [0.2, 0.25) is 0 Å². The number of hydrogen-bond donors (Lipinski definition) is 0. The van der Waals surface area contributed by atoms with Gasteiger partial charge in [0.15, 0.2) is 0 Å². The maximum Gasteiger partial charge on any atom is 0.132 e. The van der Waals surface area contributed by atoms with Crippen LogP contribution in [0.25, 0.3) is 0 Å². The van der Waals surface area contributed by atoms with E-state index in [1.54, 1.807) is 31.0 Å². The quantitative estimate of drug-likeness (QED) is 0.794. The van der Waals surface area contributed by atoms with Crippen LogP contribution in [0.4, 0.5) is 4.39 Å². The molecule has 0 N–H and O–H groups in total. The van der Waals surface area contributed by atoms with E-state index >= 15 is 0 Å². The number of methoxy groups -OCH3 is 1. The molecule has 1 nitrogen and oxygen atoms in total. The number of para-hydroxylation sites is 1. The highest BCUT2D eigenvalue weighted by Gasteiger charge is 2.03. The zero-order valence-electron chi connectivity index (χ0n) is 8.81. The minimum Gasteiger partial charge on any atom is -0.496 e. The molecule has 0 aromatic heterocycles. The van der Waals surface area contributed by atoms with Gasteiger partial charge in [-0.25, -0.2) is 4.39 Å². The van der Waals surface area contributed by atoms with E-state index in [4.69, 9.17) is 4.74 Å². The lowest BCUT2D eigenvalue weighted by Crippen LogP contribution is -1.85. The van der Waals surface area contributed by atoms with Gasteiger partial charge in [0.25, 0.3) is 0 Å². The summed E-state index contributed by atoms with van der Waals surface area (Å²) in [6.07, 6.45) is 0. The van der Waals surface area contributed by atoms with Gasteiger partial charge in [0.05, 0.1) is 12.0 Å². The van der Waals surface area contributed by atoms with Crippen molar-refractivity contribution in [2.45, 2.75) is 9.79 Å². The van der Waals surface area contributed by atoms with Gasteiger partial charge in [0.1, 0.15) is 11.6 Å². The van der Waals surface area contributed by atoms with Crippen molar-refractivity contribution >= 4 is 11.8 Å². The molecule has 0 aliphatic carbocycles. The highest BCUT2D eigenvalue weighted by atomic mass is 32.2. The molecule has 3 heteroatoms. The van der Waals surface area contributed by atoms with E-state index in [0.29, 0.717) is 0 Å². The Kier molecular flexibility index (Phi) is 3.47. The highest BCUT2D eigenvalue weighted by Crippen LogP contribution is 2.34.